The Morgan fingerprint density at radius 1 is 1.00 bits per heavy atom. The van der Waals surface area contributed by atoms with Crippen molar-refractivity contribution >= 4 is 56.0 Å². The first kappa shape index (κ1) is 23.3. The number of hydrogen-bond donors (Lipinski definition) is 1. The van der Waals surface area contributed by atoms with Crippen molar-refractivity contribution in [3.05, 3.63) is 73.5 Å². The average Bonchev–Trinajstić information content (AvgIpc) is 2.83. The third-order valence-corrected chi connectivity index (χ3v) is 6.60. The van der Waals surface area contributed by atoms with E-state index in [9.17, 15) is 4.79 Å². The van der Waals surface area contributed by atoms with Crippen LogP contribution in [0.5, 0.6) is 0 Å². The first-order valence-electron chi connectivity index (χ1n) is 10.6. The molecule has 5 rings (SSSR count). The molecule has 2 aromatic heterocycles. The summed E-state index contributed by atoms with van der Waals surface area (Å²) in [5, 5.41) is 4.93. The van der Waals surface area contributed by atoms with Gasteiger partial charge in [0.1, 0.15) is 5.58 Å². The molecule has 0 amide bonds. The fourth-order valence-electron chi connectivity index (χ4n) is 3.75. The maximum absolute atomic E-state index is 12.9. The zero-order valence-corrected chi connectivity index (χ0v) is 21.0. The summed E-state index contributed by atoms with van der Waals surface area (Å²) < 4.78 is 11.8. The molecule has 1 N–H and O–H groups in total. The number of benzene rings is 2. The van der Waals surface area contributed by atoms with E-state index in [1.807, 2.05) is 12.1 Å². The predicted octanol–water partition coefficient (Wildman–Crippen LogP) is 5.69. The second-order valence-electron chi connectivity index (χ2n) is 7.75. The normalized spacial score (nSPS) is 14.4. The quantitative estimate of drug-likeness (QED) is 0.313. The van der Waals surface area contributed by atoms with Crippen LogP contribution in [0.2, 0.25) is 10.0 Å². The number of nitrogens with zero attached hydrogens (tertiary/aromatic N) is 3. The lowest BCUT2D eigenvalue weighted by Crippen LogP contribution is -2.39. The van der Waals surface area contributed by atoms with Crippen LogP contribution in [0, 0.1) is 0 Å². The highest BCUT2D eigenvalue weighted by Crippen LogP contribution is 2.35. The maximum atomic E-state index is 12.9. The van der Waals surface area contributed by atoms with Crippen molar-refractivity contribution in [1.82, 2.24) is 14.9 Å². The molecule has 0 bridgehead atoms. The summed E-state index contributed by atoms with van der Waals surface area (Å²) in [4.78, 5) is 24.4. The van der Waals surface area contributed by atoms with Crippen molar-refractivity contribution in [3.8, 4) is 22.5 Å². The van der Waals surface area contributed by atoms with E-state index >= 15 is 0 Å². The topological polar surface area (TPSA) is 80.5 Å². The summed E-state index contributed by atoms with van der Waals surface area (Å²) in [7, 11) is 0. The van der Waals surface area contributed by atoms with Gasteiger partial charge in [0.2, 0.25) is 5.95 Å². The first-order valence-corrected chi connectivity index (χ1v) is 12.1. The van der Waals surface area contributed by atoms with Gasteiger partial charge in [-0.1, -0.05) is 45.2 Å². The van der Waals surface area contributed by atoms with Gasteiger partial charge >= 0.3 is 5.63 Å². The Morgan fingerprint density at radius 2 is 1.74 bits per heavy atom. The van der Waals surface area contributed by atoms with Gasteiger partial charge in [-0.2, -0.15) is 0 Å². The van der Waals surface area contributed by atoms with Gasteiger partial charge < -0.3 is 14.5 Å². The van der Waals surface area contributed by atoms with Crippen LogP contribution in [-0.2, 0) is 4.74 Å². The molecular formula is C24H19BrCl2N4O3. The number of fused-ring (bicyclic) bond motifs is 1. The van der Waals surface area contributed by atoms with E-state index in [0.29, 0.717) is 64.0 Å². The van der Waals surface area contributed by atoms with Crippen molar-refractivity contribution < 1.29 is 9.15 Å². The van der Waals surface area contributed by atoms with Gasteiger partial charge in [-0.25, -0.2) is 14.8 Å². The third kappa shape index (κ3) is 4.96. The molecule has 0 spiro atoms. The van der Waals surface area contributed by atoms with E-state index < -0.39 is 5.63 Å². The summed E-state index contributed by atoms with van der Waals surface area (Å²) >= 11 is 16.4. The Hall–Kier alpha value is -2.49. The highest BCUT2D eigenvalue weighted by molar-refractivity contribution is 9.10. The van der Waals surface area contributed by atoms with Crippen molar-refractivity contribution in [2.45, 2.75) is 0 Å². The number of halogens is 3. The van der Waals surface area contributed by atoms with Crippen LogP contribution in [-0.4, -0.2) is 47.8 Å². The molecule has 1 aliphatic heterocycles. The number of nitrogens with one attached hydrogen (secondary N) is 1. The van der Waals surface area contributed by atoms with Gasteiger partial charge in [-0.3, -0.25) is 4.90 Å². The highest BCUT2D eigenvalue weighted by Gasteiger charge is 2.18. The summed E-state index contributed by atoms with van der Waals surface area (Å²) in [6, 6.07) is 14.2. The van der Waals surface area contributed by atoms with Crippen LogP contribution in [0.25, 0.3) is 33.5 Å². The molecule has 0 unspecified atom stereocenters. The molecule has 1 aliphatic rings. The van der Waals surface area contributed by atoms with E-state index in [1.165, 1.54) is 0 Å². The molecule has 0 radical (unpaired) electrons. The zero-order chi connectivity index (χ0) is 23.7. The molecule has 34 heavy (non-hydrogen) atoms. The van der Waals surface area contributed by atoms with E-state index in [1.54, 1.807) is 36.4 Å². The molecule has 10 heteroatoms. The van der Waals surface area contributed by atoms with Gasteiger partial charge in [-0.15, -0.1) is 0 Å². The smallest absolute Gasteiger partial charge is 0.345 e. The number of anilines is 1. The fourth-order valence-corrected chi connectivity index (χ4v) is 4.72. The summed E-state index contributed by atoms with van der Waals surface area (Å²) in [6.07, 6.45) is 0. The number of morpholine rings is 1. The first-order chi connectivity index (χ1) is 16.5. The lowest BCUT2D eigenvalue weighted by Gasteiger charge is -2.26. The lowest BCUT2D eigenvalue weighted by atomic mass is 10.1. The minimum atomic E-state index is -0.496. The molecule has 0 atom stereocenters. The van der Waals surface area contributed by atoms with Crippen molar-refractivity contribution in [2.75, 3.05) is 38.3 Å². The van der Waals surface area contributed by atoms with E-state index in [4.69, 9.17) is 32.4 Å². The Balaban J connectivity index is 1.62. The maximum Gasteiger partial charge on any atom is 0.345 e. The van der Waals surface area contributed by atoms with Crippen molar-refractivity contribution in [2.24, 2.45) is 0 Å². The molecule has 174 valence electrons. The van der Waals surface area contributed by atoms with Crippen LogP contribution in [0.1, 0.15) is 0 Å². The van der Waals surface area contributed by atoms with Crippen LogP contribution >= 0.6 is 39.1 Å². The lowest BCUT2D eigenvalue weighted by molar-refractivity contribution is 0.0414. The summed E-state index contributed by atoms with van der Waals surface area (Å²) in [5.41, 5.74) is 1.78. The Kier molecular flexibility index (Phi) is 6.85. The SMILES string of the molecule is O=c1oc2ccc(Br)cc2cc1-c1cc(-c2c(Cl)cccc2Cl)nc(NCN2CCOCC2)n1. The minimum absolute atomic E-state index is 0.312. The molecule has 1 saturated heterocycles. The van der Waals surface area contributed by atoms with E-state index in [-0.39, 0.29) is 0 Å². The summed E-state index contributed by atoms with van der Waals surface area (Å²) in [6.45, 7) is 3.49. The third-order valence-electron chi connectivity index (χ3n) is 5.48. The van der Waals surface area contributed by atoms with Gasteiger partial charge in [0.15, 0.2) is 0 Å². The van der Waals surface area contributed by atoms with Crippen LogP contribution in [0.3, 0.4) is 0 Å². The number of rotatable bonds is 5. The Bertz CT molecular complexity index is 1400. The van der Waals surface area contributed by atoms with Gasteiger partial charge in [0, 0.05) is 28.5 Å². The van der Waals surface area contributed by atoms with Crippen LogP contribution < -0.4 is 10.9 Å². The van der Waals surface area contributed by atoms with E-state index in [0.717, 1.165) is 22.9 Å². The van der Waals surface area contributed by atoms with Crippen LogP contribution in [0.4, 0.5) is 5.95 Å². The second kappa shape index (κ2) is 10.0. The molecule has 0 aliphatic carbocycles. The number of aromatic nitrogens is 2. The number of hydrogen-bond acceptors (Lipinski definition) is 7. The standard InChI is InChI=1S/C24H19BrCl2N4O3/c25-15-4-5-21-14(10-15)11-16(23(32)34-21)19-12-20(22-17(26)2-1-3-18(22)27)30-24(29-19)28-13-31-6-8-33-9-7-31/h1-5,10-12H,6-9,13H2,(H,28,29,30). The van der Waals surface area contributed by atoms with Crippen molar-refractivity contribution in [1.29, 1.82) is 0 Å². The Labute approximate surface area is 213 Å². The fraction of sp³-hybridized carbons (Fsp3) is 0.208. The Morgan fingerprint density at radius 3 is 2.50 bits per heavy atom. The van der Waals surface area contributed by atoms with Gasteiger partial charge in [0.05, 0.1) is 46.9 Å². The molecule has 4 aromatic rings. The molecule has 2 aromatic carbocycles. The largest absolute Gasteiger partial charge is 0.422 e. The molecule has 1 fully saturated rings. The predicted molar refractivity (Wildman–Crippen MR) is 138 cm³/mol. The monoisotopic (exact) mass is 560 g/mol. The summed E-state index contributed by atoms with van der Waals surface area (Å²) in [5.74, 6) is 0.351. The number of ether oxygens (including phenoxy) is 1. The second-order valence-corrected chi connectivity index (χ2v) is 9.48. The minimum Gasteiger partial charge on any atom is -0.422 e. The van der Waals surface area contributed by atoms with E-state index in [2.05, 4.69) is 36.1 Å². The van der Waals surface area contributed by atoms with Crippen molar-refractivity contribution in [3.63, 3.8) is 0 Å². The molecule has 3 heterocycles. The molecular weight excluding hydrogens is 543 g/mol. The van der Waals surface area contributed by atoms with Crippen LogP contribution in [0.15, 0.2) is 62.2 Å². The highest BCUT2D eigenvalue weighted by atomic mass is 79.9. The zero-order valence-electron chi connectivity index (χ0n) is 17.9. The van der Waals surface area contributed by atoms with Gasteiger partial charge in [0.25, 0.3) is 0 Å². The molecule has 7 nitrogen and oxygen atoms in total. The molecule has 0 saturated carbocycles. The van der Waals surface area contributed by atoms with Gasteiger partial charge in [-0.05, 0) is 42.5 Å². The average molecular weight is 562 g/mol.